The van der Waals surface area contributed by atoms with Gasteiger partial charge in [0.05, 0.1) is 10.6 Å². The molecule has 2 aliphatic heterocycles. The highest BCUT2D eigenvalue weighted by Crippen LogP contribution is 2.19. The van der Waals surface area contributed by atoms with Gasteiger partial charge in [-0.15, -0.1) is 0 Å². The SMILES string of the molecule is O=S(=O)(CCN1CCN(S(=O)(=O)N2CCCCCC2)CC1)c1ccc(Cl)cc1. The molecule has 0 spiro atoms. The normalized spacial score (nSPS) is 21.5. The van der Waals surface area contributed by atoms with E-state index in [9.17, 15) is 16.8 Å². The molecule has 2 fully saturated rings. The summed E-state index contributed by atoms with van der Waals surface area (Å²) in [6.07, 6.45) is 4.01. The summed E-state index contributed by atoms with van der Waals surface area (Å²) < 4.78 is 53.8. The second-order valence-corrected chi connectivity index (χ2v) is 11.8. The lowest BCUT2D eigenvalue weighted by molar-refractivity contribution is 0.189. The third-order valence-electron chi connectivity index (χ3n) is 5.40. The first kappa shape index (κ1) is 22.0. The van der Waals surface area contributed by atoms with E-state index in [1.54, 1.807) is 20.7 Å². The fourth-order valence-corrected chi connectivity index (χ4v) is 6.71. The molecule has 3 rings (SSSR count). The minimum Gasteiger partial charge on any atom is -0.300 e. The van der Waals surface area contributed by atoms with Crippen LogP contribution in [-0.2, 0) is 20.0 Å². The minimum atomic E-state index is -3.41. The lowest BCUT2D eigenvalue weighted by Crippen LogP contribution is -2.53. The molecule has 0 amide bonds. The summed E-state index contributed by atoms with van der Waals surface area (Å²) in [5, 5.41) is 0.501. The molecule has 0 aromatic heterocycles. The summed E-state index contributed by atoms with van der Waals surface area (Å²) in [4.78, 5) is 2.28. The Hall–Kier alpha value is -0.710. The number of rotatable bonds is 6. The van der Waals surface area contributed by atoms with E-state index in [1.165, 1.54) is 12.1 Å². The second-order valence-electron chi connectivity index (χ2n) is 7.33. The predicted octanol–water partition coefficient (Wildman–Crippen LogP) is 1.85. The van der Waals surface area contributed by atoms with Crippen molar-refractivity contribution in [3.8, 4) is 0 Å². The van der Waals surface area contributed by atoms with E-state index in [-0.39, 0.29) is 10.6 Å². The molecule has 1 aromatic carbocycles. The van der Waals surface area contributed by atoms with Crippen LogP contribution in [0.2, 0.25) is 5.02 Å². The summed E-state index contributed by atoms with van der Waals surface area (Å²) in [6.45, 7) is 3.48. The molecule has 7 nitrogen and oxygen atoms in total. The van der Waals surface area contributed by atoms with E-state index < -0.39 is 20.0 Å². The van der Waals surface area contributed by atoms with Crippen LogP contribution in [0.5, 0.6) is 0 Å². The first-order chi connectivity index (χ1) is 13.3. The van der Waals surface area contributed by atoms with E-state index in [2.05, 4.69) is 0 Å². The molecule has 0 saturated carbocycles. The van der Waals surface area contributed by atoms with Crippen LogP contribution in [0.25, 0.3) is 0 Å². The largest absolute Gasteiger partial charge is 0.300 e. The summed E-state index contributed by atoms with van der Waals surface area (Å²) in [7, 11) is -6.79. The summed E-state index contributed by atoms with van der Waals surface area (Å²) in [5.74, 6) is 0.00745. The predicted molar refractivity (Wildman–Crippen MR) is 110 cm³/mol. The Labute approximate surface area is 173 Å². The Morgan fingerprint density at radius 2 is 1.29 bits per heavy atom. The zero-order valence-corrected chi connectivity index (χ0v) is 18.4. The lowest BCUT2D eigenvalue weighted by Gasteiger charge is -2.36. The number of hydrogen-bond acceptors (Lipinski definition) is 5. The smallest absolute Gasteiger partial charge is 0.282 e. The first-order valence-electron chi connectivity index (χ1n) is 9.75. The van der Waals surface area contributed by atoms with Crippen LogP contribution < -0.4 is 0 Å². The van der Waals surface area contributed by atoms with Gasteiger partial charge in [0.25, 0.3) is 10.2 Å². The number of piperazine rings is 1. The quantitative estimate of drug-likeness (QED) is 0.662. The Kier molecular flexibility index (Phi) is 7.38. The Morgan fingerprint density at radius 1 is 0.750 bits per heavy atom. The average molecular weight is 450 g/mol. The summed E-state index contributed by atoms with van der Waals surface area (Å²) in [6, 6.07) is 6.18. The van der Waals surface area contributed by atoms with E-state index in [0.717, 1.165) is 25.7 Å². The molecule has 0 N–H and O–H groups in total. The van der Waals surface area contributed by atoms with Crippen molar-refractivity contribution in [2.24, 2.45) is 0 Å². The molecular weight excluding hydrogens is 422 g/mol. The standard InChI is InChI=1S/C18H28ClN3O4S2/c19-17-5-7-18(8-6-17)27(23,24)16-15-20-11-13-22(14-12-20)28(25,26)21-9-3-1-2-4-10-21/h5-8H,1-4,9-16H2. The van der Waals surface area contributed by atoms with Crippen LogP contribution in [0.1, 0.15) is 25.7 Å². The number of halogens is 1. The Morgan fingerprint density at radius 3 is 1.86 bits per heavy atom. The maximum atomic E-state index is 12.9. The number of benzene rings is 1. The van der Waals surface area contributed by atoms with Crippen molar-refractivity contribution in [2.75, 3.05) is 51.6 Å². The van der Waals surface area contributed by atoms with Gasteiger partial charge in [-0.25, -0.2) is 8.42 Å². The van der Waals surface area contributed by atoms with Crippen LogP contribution in [0.15, 0.2) is 29.2 Å². The lowest BCUT2D eigenvalue weighted by atomic mass is 10.2. The van der Waals surface area contributed by atoms with Gasteiger partial charge in [0, 0.05) is 50.8 Å². The summed E-state index contributed by atoms with van der Waals surface area (Å²) in [5.41, 5.74) is 0. The van der Waals surface area contributed by atoms with Gasteiger partial charge in [0.2, 0.25) is 0 Å². The molecule has 2 saturated heterocycles. The molecule has 158 valence electrons. The molecule has 10 heteroatoms. The summed E-state index contributed by atoms with van der Waals surface area (Å²) >= 11 is 5.82. The third-order valence-corrected chi connectivity index (χ3v) is 9.40. The third kappa shape index (κ3) is 5.46. The van der Waals surface area contributed by atoms with Gasteiger partial charge in [0.15, 0.2) is 9.84 Å². The Balaban J connectivity index is 1.52. The zero-order chi connectivity index (χ0) is 20.2. The second kappa shape index (κ2) is 9.40. The van der Waals surface area contributed by atoms with Crippen molar-refractivity contribution < 1.29 is 16.8 Å². The van der Waals surface area contributed by atoms with E-state index in [0.29, 0.717) is 50.8 Å². The van der Waals surface area contributed by atoms with Crippen LogP contribution in [0.3, 0.4) is 0 Å². The van der Waals surface area contributed by atoms with Crippen LogP contribution in [-0.4, -0.2) is 81.9 Å². The van der Waals surface area contributed by atoms with Gasteiger partial charge in [-0.1, -0.05) is 24.4 Å². The Bertz CT molecular complexity index is 843. The van der Waals surface area contributed by atoms with Crippen molar-refractivity contribution in [3.63, 3.8) is 0 Å². The van der Waals surface area contributed by atoms with Gasteiger partial charge in [-0.3, -0.25) is 4.90 Å². The fraction of sp³-hybridized carbons (Fsp3) is 0.667. The van der Waals surface area contributed by atoms with E-state index in [1.807, 2.05) is 4.90 Å². The molecule has 28 heavy (non-hydrogen) atoms. The molecule has 2 heterocycles. The molecule has 0 unspecified atom stereocenters. The van der Waals surface area contributed by atoms with Crippen LogP contribution in [0.4, 0.5) is 0 Å². The maximum Gasteiger partial charge on any atom is 0.282 e. The van der Waals surface area contributed by atoms with Crippen molar-refractivity contribution in [1.29, 1.82) is 0 Å². The van der Waals surface area contributed by atoms with Gasteiger partial charge in [0.1, 0.15) is 0 Å². The van der Waals surface area contributed by atoms with Gasteiger partial charge in [-0.2, -0.15) is 17.0 Å². The topological polar surface area (TPSA) is 78.0 Å². The highest BCUT2D eigenvalue weighted by Gasteiger charge is 2.32. The number of nitrogens with zero attached hydrogens (tertiary/aromatic N) is 3. The van der Waals surface area contributed by atoms with E-state index >= 15 is 0 Å². The number of hydrogen-bond donors (Lipinski definition) is 0. The molecular formula is C18H28ClN3O4S2. The van der Waals surface area contributed by atoms with E-state index in [4.69, 9.17) is 11.6 Å². The highest BCUT2D eigenvalue weighted by molar-refractivity contribution is 7.91. The molecule has 2 aliphatic rings. The van der Waals surface area contributed by atoms with Crippen molar-refractivity contribution in [3.05, 3.63) is 29.3 Å². The van der Waals surface area contributed by atoms with Gasteiger partial charge in [-0.05, 0) is 37.1 Å². The van der Waals surface area contributed by atoms with Crippen molar-refractivity contribution in [1.82, 2.24) is 13.5 Å². The minimum absolute atomic E-state index is 0.00745. The molecule has 0 atom stereocenters. The molecule has 0 aliphatic carbocycles. The fourth-order valence-electron chi connectivity index (χ4n) is 3.63. The molecule has 0 radical (unpaired) electrons. The van der Waals surface area contributed by atoms with Gasteiger partial charge >= 0.3 is 0 Å². The van der Waals surface area contributed by atoms with Crippen LogP contribution in [0, 0.1) is 0 Å². The average Bonchev–Trinajstić information content (AvgIpc) is 2.97. The zero-order valence-electron chi connectivity index (χ0n) is 16.0. The molecule has 0 bridgehead atoms. The first-order valence-corrected chi connectivity index (χ1v) is 13.2. The molecule has 1 aromatic rings. The van der Waals surface area contributed by atoms with Crippen molar-refractivity contribution >= 4 is 31.6 Å². The van der Waals surface area contributed by atoms with Crippen molar-refractivity contribution in [2.45, 2.75) is 30.6 Å². The maximum absolute atomic E-state index is 12.9. The van der Waals surface area contributed by atoms with Gasteiger partial charge < -0.3 is 0 Å². The van der Waals surface area contributed by atoms with Crippen LogP contribution >= 0.6 is 11.6 Å². The number of sulfone groups is 1. The highest BCUT2D eigenvalue weighted by atomic mass is 35.5. The monoisotopic (exact) mass is 449 g/mol.